The van der Waals surface area contributed by atoms with Crippen molar-refractivity contribution in [2.24, 2.45) is 10.7 Å². The van der Waals surface area contributed by atoms with Gasteiger partial charge in [-0.25, -0.2) is 4.99 Å². The second kappa shape index (κ2) is 4.31. The third-order valence-corrected chi connectivity index (χ3v) is 2.33. The van der Waals surface area contributed by atoms with E-state index in [1.807, 2.05) is 0 Å². The molecule has 0 radical (unpaired) electrons. The molecular weight excluding hydrogens is 192 g/mol. The lowest BCUT2D eigenvalue weighted by molar-refractivity contribution is 0.313. The first-order valence-electron chi connectivity index (χ1n) is 4.99. The van der Waals surface area contributed by atoms with E-state index in [0.29, 0.717) is 19.0 Å². The van der Waals surface area contributed by atoms with Crippen LogP contribution in [0.25, 0.3) is 0 Å². The van der Waals surface area contributed by atoms with Crippen LogP contribution in [-0.4, -0.2) is 30.2 Å². The Morgan fingerprint density at radius 1 is 1.40 bits per heavy atom. The van der Waals surface area contributed by atoms with Crippen molar-refractivity contribution in [2.75, 3.05) is 13.2 Å². The van der Waals surface area contributed by atoms with Crippen LogP contribution in [0.3, 0.4) is 0 Å². The van der Waals surface area contributed by atoms with Gasteiger partial charge in [0.25, 0.3) is 0 Å². The zero-order valence-electron chi connectivity index (χ0n) is 8.39. The molecule has 1 unspecified atom stereocenters. The number of rotatable bonds is 3. The maximum atomic E-state index is 9.14. The summed E-state index contributed by atoms with van der Waals surface area (Å²) in [6.07, 6.45) is 0.849. The lowest BCUT2D eigenvalue weighted by Crippen LogP contribution is -2.12. The summed E-state index contributed by atoms with van der Waals surface area (Å²) in [4.78, 5) is 4.41. The van der Waals surface area contributed by atoms with E-state index < -0.39 is 0 Å². The third kappa shape index (κ3) is 2.27. The van der Waals surface area contributed by atoms with E-state index in [0.717, 1.165) is 12.0 Å². The molecule has 0 aliphatic carbocycles. The molecular formula is C11H14N2O2. The fourth-order valence-electron chi connectivity index (χ4n) is 1.52. The van der Waals surface area contributed by atoms with Gasteiger partial charge in [-0.15, -0.1) is 0 Å². The standard InChI is InChI=1S/C11H14N2O2/c12-6-5-9-7-15-11(13-9)8-1-3-10(14)4-2-8/h1-4,9,14H,5-7,12H2. The highest BCUT2D eigenvalue weighted by Crippen LogP contribution is 2.16. The summed E-state index contributed by atoms with van der Waals surface area (Å²) < 4.78 is 5.46. The third-order valence-electron chi connectivity index (χ3n) is 2.33. The molecule has 0 fully saturated rings. The van der Waals surface area contributed by atoms with Gasteiger partial charge in [-0.2, -0.15) is 0 Å². The summed E-state index contributed by atoms with van der Waals surface area (Å²) >= 11 is 0. The number of phenols is 1. The van der Waals surface area contributed by atoms with Crippen LogP contribution >= 0.6 is 0 Å². The van der Waals surface area contributed by atoms with E-state index in [2.05, 4.69) is 4.99 Å². The molecule has 1 aromatic rings. The molecule has 15 heavy (non-hydrogen) atoms. The van der Waals surface area contributed by atoms with Crippen LogP contribution < -0.4 is 5.73 Å². The Balaban J connectivity index is 2.12. The first-order chi connectivity index (χ1) is 7.29. The molecule has 0 spiro atoms. The summed E-state index contributed by atoms with van der Waals surface area (Å²) in [6.45, 7) is 1.23. The fourth-order valence-corrected chi connectivity index (χ4v) is 1.52. The topological polar surface area (TPSA) is 67.8 Å². The molecule has 0 aromatic heterocycles. The molecule has 0 amide bonds. The molecule has 2 rings (SSSR count). The number of nitrogens with two attached hydrogens (primary N) is 1. The molecule has 1 aliphatic rings. The van der Waals surface area contributed by atoms with Gasteiger partial charge in [0, 0.05) is 5.56 Å². The molecule has 1 aliphatic heterocycles. The maximum Gasteiger partial charge on any atom is 0.216 e. The number of hydrogen-bond acceptors (Lipinski definition) is 4. The van der Waals surface area contributed by atoms with E-state index in [1.165, 1.54) is 0 Å². The predicted molar refractivity (Wildman–Crippen MR) is 58.1 cm³/mol. The Morgan fingerprint density at radius 3 is 2.80 bits per heavy atom. The highest BCUT2D eigenvalue weighted by molar-refractivity contribution is 5.95. The van der Waals surface area contributed by atoms with Gasteiger partial charge in [0.05, 0.1) is 6.04 Å². The number of aromatic hydroxyl groups is 1. The number of aliphatic imine (C=N–C) groups is 1. The molecule has 3 N–H and O–H groups in total. The Labute approximate surface area is 88.4 Å². The number of hydrogen-bond donors (Lipinski definition) is 2. The van der Waals surface area contributed by atoms with E-state index >= 15 is 0 Å². The Bertz CT molecular complexity index is 359. The van der Waals surface area contributed by atoms with Crippen LogP contribution in [0.2, 0.25) is 0 Å². The molecule has 80 valence electrons. The van der Waals surface area contributed by atoms with Crippen molar-refractivity contribution in [3.05, 3.63) is 29.8 Å². The Kier molecular flexibility index (Phi) is 2.87. The average molecular weight is 206 g/mol. The highest BCUT2D eigenvalue weighted by atomic mass is 16.5. The number of benzene rings is 1. The normalized spacial score (nSPS) is 19.8. The van der Waals surface area contributed by atoms with Crippen LogP contribution in [0.1, 0.15) is 12.0 Å². The SMILES string of the molecule is NCCC1COC(c2ccc(O)cc2)=N1. The van der Waals surface area contributed by atoms with Crippen LogP contribution in [0.5, 0.6) is 5.75 Å². The molecule has 0 bridgehead atoms. The van der Waals surface area contributed by atoms with Crippen molar-refractivity contribution >= 4 is 5.90 Å². The highest BCUT2D eigenvalue weighted by Gasteiger charge is 2.18. The minimum Gasteiger partial charge on any atom is -0.508 e. The number of ether oxygens (including phenoxy) is 1. The van der Waals surface area contributed by atoms with Crippen molar-refractivity contribution in [3.63, 3.8) is 0 Å². The molecule has 0 saturated heterocycles. The summed E-state index contributed by atoms with van der Waals surface area (Å²) in [5, 5.41) is 9.14. The summed E-state index contributed by atoms with van der Waals surface area (Å²) in [5.41, 5.74) is 6.35. The zero-order chi connectivity index (χ0) is 10.7. The van der Waals surface area contributed by atoms with E-state index in [9.17, 15) is 0 Å². The Morgan fingerprint density at radius 2 is 2.13 bits per heavy atom. The second-order valence-electron chi connectivity index (χ2n) is 3.52. The second-order valence-corrected chi connectivity index (χ2v) is 3.52. The van der Waals surface area contributed by atoms with Gasteiger partial charge in [-0.1, -0.05) is 0 Å². The summed E-state index contributed by atoms with van der Waals surface area (Å²) in [5.74, 6) is 0.893. The lowest BCUT2D eigenvalue weighted by atomic mass is 10.2. The fraction of sp³-hybridized carbons (Fsp3) is 0.364. The van der Waals surface area contributed by atoms with Crippen LogP contribution in [-0.2, 0) is 4.74 Å². The quantitative estimate of drug-likeness (QED) is 0.771. The Hall–Kier alpha value is -1.55. The minimum absolute atomic E-state index is 0.179. The molecule has 1 atom stereocenters. The average Bonchev–Trinajstić information content (AvgIpc) is 2.68. The first-order valence-corrected chi connectivity index (χ1v) is 4.99. The summed E-state index contributed by atoms with van der Waals surface area (Å²) in [7, 11) is 0. The van der Waals surface area contributed by atoms with Gasteiger partial charge in [-0.3, -0.25) is 0 Å². The largest absolute Gasteiger partial charge is 0.508 e. The van der Waals surface area contributed by atoms with Gasteiger partial charge in [0.1, 0.15) is 12.4 Å². The first kappa shape index (κ1) is 9.98. The summed E-state index contributed by atoms with van der Waals surface area (Å²) in [6, 6.07) is 7.01. The van der Waals surface area contributed by atoms with Gasteiger partial charge in [0.2, 0.25) is 5.90 Å². The number of nitrogens with zero attached hydrogens (tertiary/aromatic N) is 1. The molecule has 4 heteroatoms. The van der Waals surface area contributed by atoms with Crippen LogP contribution in [0.15, 0.2) is 29.3 Å². The smallest absolute Gasteiger partial charge is 0.216 e. The van der Waals surface area contributed by atoms with E-state index in [4.69, 9.17) is 15.6 Å². The minimum atomic E-state index is 0.179. The van der Waals surface area contributed by atoms with Gasteiger partial charge in [0.15, 0.2) is 0 Å². The van der Waals surface area contributed by atoms with Crippen LogP contribution in [0, 0.1) is 0 Å². The molecule has 1 aromatic carbocycles. The molecule has 1 heterocycles. The van der Waals surface area contributed by atoms with Crippen molar-refractivity contribution in [1.29, 1.82) is 0 Å². The van der Waals surface area contributed by atoms with E-state index in [1.54, 1.807) is 24.3 Å². The zero-order valence-corrected chi connectivity index (χ0v) is 8.39. The maximum absolute atomic E-state index is 9.14. The predicted octanol–water partition coefficient (Wildman–Crippen LogP) is 0.886. The van der Waals surface area contributed by atoms with Gasteiger partial charge in [-0.05, 0) is 37.2 Å². The molecule has 4 nitrogen and oxygen atoms in total. The van der Waals surface area contributed by atoms with Crippen molar-refractivity contribution in [1.82, 2.24) is 0 Å². The van der Waals surface area contributed by atoms with Crippen LogP contribution in [0.4, 0.5) is 0 Å². The van der Waals surface area contributed by atoms with Crippen molar-refractivity contribution in [3.8, 4) is 5.75 Å². The van der Waals surface area contributed by atoms with Crippen molar-refractivity contribution in [2.45, 2.75) is 12.5 Å². The van der Waals surface area contributed by atoms with Gasteiger partial charge >= 0.3 is 0 Å². The van der Waals surface area contributed by atoms with E-state index in [-0.39, 0.29) is 11.8 Å². The monoisotopic (exact) mass is 206 g/mol. The number of phenolic OH excluding ortho intramolecular Hbond substituents is 1. The van der Waals surface area contributed by atoms with Gasteiger partial charge < -0.3 is 15.6 Å². The molecule has 0 saturated carbocycles. The lowest BCUT2D eigenvalue weighted by Gasteiger charge is -2.00. The van der Waals surface area contributed by atoms with Crippen molar-refractivity contribution < 1.29 is 9.84 Å².